The Labute approximate surface area is 76.1 Å². The first kappa shape index (κ1) is 7.90. The molecule has 1 aliphatic heterocycles. The standard InChI is InChI=1S/C9H9ClO2/c1-11-7-4-2-3-6(10)9(7)8-5-12-8/h2-4,8H,5H2,1H3/t8-/m0/s1. The molecule has 1 saturated heterocycles. The summed E-state index contributed by atoms with van der Waals surface area (Å²) in [6.07, 6.45) is 0.147. The maximum Gasteiger partial charge on any atom is 0.126 e. The average molecular weight is 185 g/mol. The van der Waals surface area contributed by atoms with E-state index in [0.717, 1.165) is 22.9 Å². The van der Waals surface area contributed by atoms with Crippen molar-refractivity contribution >= 4 is 11.6 Å². The Morgan fingerprint density at radius 2 is 2.33 bits per heavy atom. The zero-order valence-electron chi connectivity index (χ0n) is 6.71. The molecule has 0 spiro atoms. The molecule has 2 rings (SSSR count). The van der Waals surface area contributed by atoms with Crippen molar-refractivity contribution in [2.75, 3.05) is 13.7 Å². The second-order valence-corrected chi connectivity index (χ2v) is 3.08. The summed E-state index contributed by atoms with van der Waals surface area (Å²) < 4.78 is 10.3. The molecule has 1 aromatic rings. The maximum atomic E-state index is 5.98. The molecule has 12 heavy (non-hydrogen) atoms. The van der Waals surface area contributed by atoms with Gasteiger partial charge in [-0.1, -0.05) is 17.7 Å². The molecule has 2 nitrogen and oxygen atoms in total. The lowest BCUT2D eigenvalue weighted by atomic mass is 10.1. The van der Waals surface area contributed by atoms with Crippen LogP contribution in [0.25, 0.3) is 0 Å². The molecule has 0 N–H and O–H groups in total. The maximum absolute atomic E-state index is 5.98. The number of rotatable bonds is 2. The van der Waals surface area contributed by atoms with Gasteiger partial charge in [0.15, 0.2) is 0 Å². The average Bonchev–Trinajstić information content (AvgIpc) is 2.87. The van der Waals surface area contributed by atoms with E-state index in [1.165, 1.54) is 0 Å². The van der Waals surface area contributed by atoms with Crippen molar-refractivity contribution in [3.05, 3.63) is 28.8 Å². The molecule has 3 heteroatoms. The molecule has 0 unspecified atom stereocenters. The van der Waals surface area contributed by atoms with Gasteiger partial charge >= 0.3 is 0 Å². The lowest BCUT2D eigenvalue weighted by Crippen LogP contribution is -1.91. The molecule has 1 aliphatic rings. The van der Waals surface area contributed by atoms with Crippen LogP contribution in [-0.4, -0.2) is 13.7 Å². The number of hydrogen-bond acceptors (Lipinski definition) is 2. The Balaban J connectivity index is 2.45. The van der Waals surface area contributed by atoms with Gasteiger partial charge in [-0.25, -0.2) is 0 Å². The van der Waals surface area contributed by atoms with Crippen molar-refractivity contribution in [1.29, 1.82) is 0 Å². The van der Waals surface area contributed by atoms with Crippen LogP contribution < -0.4 is 4.74 Å². The number of epoxide rings is 1. The summed E-state index contributed by atoms with van der Waals surface area (Å²) in [5, 5.41) is 0.719. The molecule has 64 valence electrons. The smallest absolute Gasteiger partial charge is 0.126 e. The van der Waals surface area contributed by atoms with Gasteiger partial charge in [0.2, 0.25) is 0 Å². The minimum absolute atomic E-state index is 0.147. The second kappa shape index (κ2) is 2.96. The highest BCUT2D eigenvalue weighted by Gasteiger charge is 2.30. The van der Waals surface area contributed by atoms with Gasteiger partial charge in [0.1, 0.15) is 11.9 Å². The fourth-order valence-corrected chi connectivity index (χ4v) is 1.51. The molecule has 0 bridgehead atoms. The third kappa shape index (κ3) is 1.28. The lowest BCUT2D eigenvalue weighted by molar-refractivity contribution is 0.383. The fourth-order valence-electron chi connectivity index (χ4n) is 1.22. The zero-order chi connectivity index (χ0) is 8.55. The van der Waals surface area contributed by atoms with Crippen molar-refractivity contribution in [3.63, 3.8) is 0 Å². The Morgan fingerprint density at radius 1 is 1.58 bits per heavy atom. The van der Waals surface area contributed by atoms with Gasteiger partial charge in [-0.05, 0) is 12.1 Å². The van der Waals surface area contributed by atoms with E-state index in [-0.39, 0.29) is 6.10 Å². The summed E-state index contributed by atoms with van der Waals surface area (Å²) in [4.78, 5) is 0. The largest absolute Gasteiger partial charge is 0.496 e. The lowest BCUT2D eigenvalue weighted by Gasteiger charge is -2.06. The second-order valence-electron chi connectivity index (χ2n) is 2.68. The predicted molar refractivity (Wildman–Crippen MR) is 46.7 cm³/mol. The van der Waals surface area contributed by atoms with Crippen molar-refractivity contribution < 1.29 is 9.47 Å². The van der Waals surface area contributed by atoms with E-state index in [2.05, 4.69) is 0 Å². The van der Waals surface area contributed by atoms with Crippen molar-refractivity contribution in [1.82, 2.24) is 0 Å². The summed E-state index contributed by atoms with van der Waals surface area (Å²) in [6, 6.07) is 5.61. The van der Waals surface area contributed by atoms with Gasteiger partial charge in [-0.3, -0.25) is 0 Å². The Kier molecular flexibility index (Phi) is 1.95. The van der Waals surface area contributed by atoms with Crippen LogP contribution in [0.2, 0.25) is 5.02 Å². The molecule has 1 atom stereocenters. The number of methoxy groups -OCH3 is 1. The van der Waals surface area contributed by atoms with Crippen LogP contribution in [0.3, 0.4) is 0 Å². The highest BCUT2D eigenvalue weighted by atomic mass is 35.5. The Hall–Kier alpha value is -0.730. The topological polar surface area (TPSA) is 21.8 Å². The third-order valence-corrected chi connectivity index (χ3v) is 2.22. The summed E-state index contributed by atoms with van der Waals surface area (Å²) in [5.74, 6) is 0.810. The van der Waals surface area contributed by atoms with Crippen LogP contribution in [0.4, 0.5) is 0 Å². The molecule has 0 saturated carbocycles. The Bertz CT molecular complexity index is 295. The molecule has 0 radical (unpaired) electrons. The molecule has 0 aliphatic carbocycles. The van der Waals surface area contributed by atoms with Gasteiger partial charge in [0.05, 0.1) is 18.7 Å². The summed E-state index contributed by atoms with van der Waals surface area (Å²) in [5.41, 5.74) is 0.974. The quantitative estimate of drug-likeness (QED) is 0.659. The van der Waals surface area contributed by atoms with E-state index < -0.39 is 0 Å². The van der Waals surface area contributed by atoms with Crippen LogP contribution >= 0.6 is 11.6 Å². The summed E-state index contributed by atoms with van der Waals surface area (Å²) in [7, 11) is 1.64. The molecule has 1 aromatic carbocycles. The van der Waals surface area contributed by atoms with Gasteiger partial charge in [-0.15, -0.1) is 0 Å². The van der Waals surface area contributed by atoms with Crippen LogP contribution in [0, 0.1) is 0 Å². The van der Waals surface area contributed by atoms with Crippen molar-refractivity contribution in [2.45, 2.75) is 6.10 Å². The highest BCUT2D eigenvalue weighted by Crippen LogP contribution is 2.40. The highest BCUT2D eigenvalue weighted by molar-refractivity contribution is 6.31. The molecule has 1 fully saturated rings. The molecular formula is C9H9ClO2. The number of ether oxygens (including phenoxy) is 2. The van der Waals surface area contributed by atoms with E-state index in [1.54, 1.807) is 7.11 Å². The first-order valence-electron chi connectivity index (χ1n) is 3.77. The van der Waals surface area contributed by atoms with Crippen LogP contribution in [0.5, 0.6) is 5.75 Å². The van der Waals surface area contributed by atoms with Gasteiger partial charge in [0.25, 0.3) is 0 Å². The minimum Gasteiger partial charge on any atom is -0.496 e. The van der Waals surface area contributed by atoms with E-state index in [1.807, 2.05) is 18.2 Å². The number of benzene rings is 1. The van der Waals surface area contributed by atoms with Crippen molar-refractivity contribution in [3.8, 4) is 5.75 Å². The van der Waals surface area contributed by atoms with Gasteiger partial charge < -0.3 is 9.47 Å². The first-order chi connectivity index (χ1) is 5.83. The SMILES string of the molecule is COc1cccc(Cl)c1[C@@H]1CO1. The molecule has 1 heterocycles. The van der Waals surface area contributed by atoms with Crippen molar-refractivity contribution in [2.24, 2.45) is 0 Å². The first-order valence-corrected chi connectivity index (χ1v) is 4.14. The predicted octanol–water partition coefficient (Wildman–Crippen LogP) is 2.42. The van der Waals surface area contributed by atoms with Gasteiger partial charge in [-0.2, -0.15) is 0 Å². The number of hydrogen-bond donors (Lipinski definition) is 0. The fraction of sp³-hybridized carbons (Fsp3) is 0.333. The van der Waals surface area contributed by atoms with E-state index in [9.17, 15) is 0 Å². The van der Waals surface area contributed by atoms with Crippen LogP contribution in [-0.2, 0) is 4.74 Å². The molecular weight excluding hydrogens is 176 g/mol. The Morgan fingerprint density at radius 3 is 2.92 bits per heavy atom. The van der Waals surface area contributed by atoms with E-state index in [0.29, 0.717) is 0 Å². The summed E-state index contributed by atoms with van der Waals surface area (Å²) >= 11 is 5.98. The minimum atomic E-state index is 0.147. The third-order valence-electron chi connectivity index (χ3n) is 1.89. The molecule has 0 amide bonds. The number of halogens is 1. The van der Waals surface area contributed by atoms with E-state index >= 15 is 0 Å². The summed E-state index contributed by atoms with van der Waals surface area (Å²) in [6.45, 7) is 0.750. The monoisotopic (exact) mass is 184 g/mol. The zero-order valence-corrected chi connectivity index (χ0v) is 7.47. The normalized spacial score (nSPS) is 20.7. The van der Waals surface area contributed by atoms with Crippen LogP contribution in [0.15, 0.2) is 18.2 Å². The molecule has 0 aromatic heterocycles. The van der Waals surface area contributed by atoms with E-state index in [4.69, 9.17) is 21.1 Å². The van der Waals surface area contributed by atoms with Gasteiger partial charge in [0, 0.05) is 5.56 Å². The van der Waals surface area contributed by atoms with Crippen LogP contribution in [0.1, 0.15) is 11.7 Å².